The van der Waals surface area contributed by atoms with Gasteiger partial charge in [0.05, 0.1) is 23.4 Å². The highest BCUT2D eigenvalue weighted by Crippen LogP contribution is 2.54. The van der Waals surface area contributed by atoms with E-state index in [1.54, 1.807) is 12.1 Å². The van der Waals surface area contributed by atoms with Crippen LogP contribution in [0.5, 0.6) is 5.75 Å². The fourth-order valence-corrected chi connectivity index (χ4v) is 5.62. The second-order valence-corrected chi connectivity index (χ2v) is 9.36. The molecule has 34 heavy (non-hydrogen) atoms. The van der Waals surface area contributed by atoms with E-state index in [0.717, 1.165) is 27.8 Å². The van der Waals surface area contributed by atoms with Crippen molar-refractivity contribution in [2.24, 2.45) is 17.8 Å². The molecule has 0 N–H and O–H groups in total. The Hall–Kier alpha value is -3.99. The average molecular weight is 450 g/mol. The number of amides is 2. The number of esters is 1. The van der Waals surface area contributed by atoms with E-state index in [1.807, 2.05) is 80.6 Å². The fourth-order valence-electron chi connectivity index (χ4n) is 5.62. The third-order valence-corrected chi connectivity index (χ3v) is 7.23. The zero-order chi connectivity index (χ0) is 23.6. The molecule has 0 saturated carbocycles. The number of fused-ring (bicyclic) bond motifs is 5. The van der Waals surface area contributed by atoms with Gasteiger partial charge in [0.25, 0.3) is 0 Å². The van der Waals surface area contributed by atoms with Crippen molar-refractivity contribution in [1.82, 2.24) is 0 Å². The normalized spacial score (nSPS) is 25.3. The first kappa shape index (κ1) is 20.6. The van der Waals surface area contributed by atoms with E-state index in [2.05, 4.69) is 0 Å². The van der Waals surface area contributed by atoms with Crippen LogP contribution in [0.15, 0.2) is 78.9 Å². The molecule has 0 bridgehead atoms. The van der Waals surface area contributed by atoms with Gasteiger partial charge in [0.2, 0.25) is 11.8 Å². The van der Waals surface area contributed by atoms with Crippen molar-refractivity contribution in [2.75, 3.05) is 4.90 Å². The Bertz CT molecular complexity index is 1370. The molecule has 0 unspecified atom stereocenters. The van der Waals surface area contributed by atoms with Crippen LogP contribution >= 0.6 is 0 Å². The third kappa shape index (κ3) is 2.97. The molecular weight excluding hydrogens is 426 g/mol. The minimum atomic E-state index is -0.819. The summed E-state index contributed by atoms with van der Waals surface area (Å²) in [4.78, 5) is 42.2. The number of ether oxygens (including phenoxy) is 1. The molecule has 0 radical (unpaired) electrons. The Morgan fingerprint density at radius 2 is 1.44 bits per heavy atom. The van der Waals surface area contributed by atoms with Gasteiger partial charge in [-0.05, 0) is 48.7 Å². The quantitative estimate of drug-likeness (QED) is 0.320. The molecule has 168 valence electrons. The van der Waals surface area contributed by atoms with Crippen LogP contribution in [0.4, 0.5) is 5.69 Å². The van der Waals surface area contributed by atoms with E-state index in [1.165, 1.54) is 4.90 Å². The Balaban J connectivity index is 1.55. The van der Waals surface area contributed by atoms with Gasteiger partial charge >= 0.3 is 5.97 Å². The first-order valence-electron chi connectivity index (χ1n) is 11.5. The van der Waals surface area contributed by atoms with Gasteiger partial charge in [-0.2, -0.15) is 0 Å². The first-order valence-corrected chi connectivity index (χ1v) is 11.5. The van der Waals surface area contributed by atoms with Crippen molar-refractivity contribution >= 4 is 29.0 Å². The molecule has 1 aliphatic carbocycles. The minimum Gasteiger partial charge on any atom is -0.425 e. The highest BCUT2D eigenvalue weighted by Gasteiger charge is 2.60. The first-order chi connectivity index (χ1) is 16.4. The highest BCUT2D eigenvalue weighted by molar-refractivity contribution is 6.24. The van der Waals surface area contributed by atoms with Crippen LogP contribution in [0, 0.1) is 31.6 Å². The molecule has 1 saturated heterocycles. The minimum absolute atomic E-state index is 0.273. The van der Waals surface area contributed by atoms with E-state index < -0.39 is 23.7 Å². The lowest BCUT2D eigenvalue weighted by Crippen LogP contribution is -2.42. The van der Waals surface area contributed by atoms with Crippen LogP contribution in [0.3, 0.4) is 0 Å². The van der Waals surface area contributed by atoms with Crippen LogP contribution < -0.4 is 9.64 Å². The maximum atomic E-state index is 13.8. The number of benzene rings is 3. The van der Waals surface area contributed by atoms with Gasteiger partial charge in [-0.15, -0.1) is 0 Å². The number of nitrogens with zero attached hydrogens (tertiary/aromatic N) is 1. The summed E-state index contributed by atoms with van der Waals surface area (Å²) < 4.78 is 5.71. The number of rotatable bonds is 2. The number of hydrogen-bond acceptors (Lipinski definition) is 4. The number of carbonyl (C=O) groups excluding carboxylic acids is 3. The van der Waals surface area contributed by atoms with Crippen molar-refractivity contribution in [2.45, 2.75) is 19.8 Å². The molecule has 3 aliphatic rings. The van der Waals surface area contributed by atoms with Crippen LogP contribution in [0.1, 0.15) is 28.2 Å². The summed E-state index contributed by atoms with van der Waals surface area (Å²) in [7, 11) is 0. The number of hydrogen-bond donors (Lipinski definition) is 0. The Morgan fingerprint density at radius 3 is 2.18 bits per heavy atom. The summed E-state index contributed by atoms with van der Waals surface area (Å²) in [5.41, 5.74) is 5.08. The predicted molar refractivity (Wildman–Crippen MR) is 128 cm³/mol. The second kappa shape index (κ2) is 7.52. The number of imide groups is 1. The molecule has 2 amide bonds. The maximum Gasteiger partial charge on any atom is 0.319 e. The van der Waals surface area contributed by atoms with Gasteiger partial charge in [0, 0.05) is 11.5 Å². The van der Waals surface area contributed by atoms with Crippen molar-refractivity contribution in [3.8, 4) is 5.75 Å². The van der Waals surface area contributed by atoms with Crippen LogP contribution in [-0.4, -0.2) is 17.8 Å². The average Bonchev–Trinajstić information content (AvgIpc) is 3.10. The molecule has 2 aliphatic heterocycles. The zero-order valence-corrected chi connectivity index (χ0v) is 18.9. The van der Waals surface area contributed by atoms with E-state index in [4.69, 9.17) is 4.74 Å². The van der Waals surface area contributed by atoms with Gasteiger partial charge in [-0.3, -0.25) is 14.4 Å². The van der Waals surface area contributed by atoms with Gasteiger partial charge in [-0.25, -0.2) is 4.90 Å². The summed E-state index contributed by atoms with van der Waals surface area (Å²) in [5.74, 6) is -3.22. The SMILES string of the molecule is Cc1ccc(N2C(=O)[C@@H]3[C@@H]4C(=O)Oc5cc(C)ccc5C4=C[C@@H](c4ccccc4)[C@@H]3C2=O)cc1. The van der Waals surface area contributed by atoms with Crippen LogP contribution in [-0.2, 0) is 14.4 Å². The summed E-state index contributed by atoms with van der Waals surface area (Å²) >= 11 is 0. The van der Waals surface area contributed by atoms with Crippen molar-refractivity contribution in [3.05, 3.63) is 101 Å². The Morgan fingerprint density at radius 1 is 0.765 bits per heavy atom. The summed E-state index contributed by atoms with van der Waals surface area (Å²) in [6.07, 6.45) is 2.01. The van der Waals surface area contributed by atoms with E-state index >= 15 is 0 Å². The standard InChI is InChI=1S/C29H23NO4/c1-16-8-11-19(12-9-16)30-27(31)24-21(18-6-4-3-5-7-18)15-22-20-13-10-17(2)14-23(20)34-29(33)25(22)26(24)28(30)32/h3-15,21,24-26H,1-2H3/t21-,24-,25+,26-/m0/s1. The molecular formula is C29H23NO4. The molecule has 1 fully saturated rings. The summed E-state index contributed by atoms with van der Waals surface area (Å²) in [6.45, 7) is 3.90. The zero-order valence-electron chi connectivity index (χ0n) is 18.9. The van der Waals surface area contributed by atoms with Crippen molar-refractivity contribution in [3.63, 3.8) is 0 Å². The molecule has 5 nitrogen and oxygen atoms in total. The largest absolute Gasteiger partial charge is 0.425 e. The van der Waals surface area contributed by atoms with Crippen molar-refractivity contribution in [1.29, 1.82) is 0 Å². The molecule has 6 rings (SSSR count). The van der Waals surface area contributed by atoms with Gasteiger partial charge < -0.3 is 4.74 Å². The third-order valence-electron chi connectivity index (χ3n) is 7.23. The molecule has 2 heterocycles. The van der Waals surface area contributed by atoms with Gasteiger partial charge in [0.1, 0.15) is 5.75 Å². The highest BCUT2D eigenvalue weighted by atomic mass is 16.5. The van der Waals surface area contributed by atoms with Crippen LogP contribution in [0.25, 0.3) is 5.57 Å². The number of anilines is 1. The van der Waals surface area contributed by atoms with Crippen LogP contribution in [0.2, 0.25) is 0 Å². The predicted octanol–water partition coefficient (Wildman–Crippen LogP) is 4.83. The van der Waals surface area contributed by atoms with Gasteiger partial charge in [0.15, 0.2) is 0 Å². The molecule has 0 spiro atoms. The number of carbonyl (C=O) groups is 3. The topological polar surface area (TPSA) is 63.7 Å². The van der Waals surface area contributed by atoms with E-state index in [-0.39, 0.29) is 17.7 Å². The molecule has 4 atom stereocenters. The van der Waals surface area contributed by atoms with Gasteiger partial charge in [-0.1, -0.05) is 66.2 Å². The Kier molecular flexibility index (Phi) is 4.56. The number of allylic oxidation sites excluding steroid dienone is 1. The molecule has 0 aromatic heterocycles. The maximum absolute atomic E-state index is 13.8. The molecule has 3 aromatic rings. The van der Waals surface area contributed by atoms with E-state index in [0.29, 0.717) is 11.4 Å². The summed E-state index contributed by atoms with van der Waals surface area (Å²) in [6, 6.07) is 22.8. The molecule has 5 heteroatoms. The van der Waals surface area contributed by atoms with E-state index in [9.17, 15) is 14.4 Å². The second-order valence-electron chi connectivity index (χ2n) is 9.36. The lowest BCUT2D eigenvalue weighted by molar-refractivity contribution is -0.142. The lowest BCUT2D eigenvalue weighted by atomic mass is 9.64. The monoisotopic (exact) mass is 449 g/mol. The molecule has 3 aromatic carbocycles. The van der Waals surface area contributed by atoms with Crippen molar-refractivity contribution < 1.29 is 19.1 Å². The summed E-state index contributed by atoms with van der Waals surface area (Å²) in [5, 5.41) is 0. The Labute approximate surface area is 197 Å². The smallest absolute Gasteiger partial charge is 0.319 e. The lowest BCUT2D eigenvalue weighted by Gasteiger charge is -2.38. The number of aryl methyl sites for hydroxylation is 2. The fraction of sp³-hybridized carbons (Fsp3) is 0.207.